The zero-order chi connectivity index (χ0) is 11.3. The van der Waals surface area contributed by atoms with Gasteiger partial charge in [-0.15, -0.1) is 0 Å². The minimum atomic E-state index is 0.528. The van der Waals surface area contributed by atoms with Crippen LogP contribution in [0.25, 0.3) is 0 Å². The van der Waals surface area contributed by atoms with Gasteiger partial charge in [0.15, 0.2) is 0 Å². The third-order valence-electron chi connectivity index (χ3n) is 4.84. The molecule has 0 spiro atoms. The lowest BCUT2D eigenvalue weighted by Gasteiger charge is -2.44. The van der Waals surface area contributed by atoms with E-state index in [1.807, 2.05) is 0 Å². The second kappa shape index (κ2) is 3.48. The number of rotatable bonds is 2. The van der Waals surface area contributed by atoms with E-state index in [1.54, 1.807) is 0 Å². The van der Waals surface area contributed by atoms with Crippen LogP contribution in [-0.2, 0) is 0 Å². The Morgan fingerprint density at radius 2 is 2.00 bits per heavy atom. The molecule has 2 fully saturated rings. The van der Waals surface area contributed by atoms with Gasteiger partial charge < -0.3 is 0 Å². The lowest BCUT2D eigenvalue weighted by Crippen LogP contribution is -2.48. The van der Waals surface area contributed by atoms with Crippen LogP contribution in [0.5, 0.6) is 0 Å². The Morgan fingerprint density at radius 1 is 1.33 bits per heavy atom. The van der Waals surface area contributed by atoms with Crippen molar-refractivity contribution in [1.82, 2.24) is 4.90 Å². The molecule has 2 saturated heterocycles. The van der Waals surface area contributed by atoms with Gasteiger partial charge in [-0.25, -0.2) is 0 Å². The Morgan fingerprint density at radius 3 is 2.60 bits per heavy atom. The van der Waals surface area contributed by atoms with Crippen molar-refractivity contribution in [2.75, 3.05) is 13.1 Å². The van der Waals surface area contributed by atoms with E-state index >= 15 is 0 Å². The van der Waals surface area contributed by atoms with Gasteiger partial charge >= 0.3 is 0 Å². The molecule has 0 N–H and O–H groups in total. The van der Waals surface area contributed by atoms with E-state index < -0.39 is 0 Å². The number of nitrogens with zero attached hydrogens (tertiary/aromatic N) is 1. The van der Waals surface area contributed by atoms with Gasteiger partial charge in [0.25, 0.3) is 0 Å². The minimum Gasteiger partial charge on any atom is -0.297 e. The van der Waals surface area contributed by atoms with Crippen molar-refractivity contribution in [2.24, 2.45) is 17.3 Å². The Kier molecular flexibility index (Phi) is 2.65. The highest BCUT2D eigenvalue weighted by Gasteiger charge is 2.57. The van der Waals surface area contributed by atoms with Crippen molar-refractivity contribution >= 4 is 0 Å². The number of hydrogen-bond acceptors (Lipinski definition) is 1. The fourth-order valence-electron chi connectivity index (χ4n) is 4.14. The van der Waals surface area contributed by atoms with Gasteiger partial charge in [0, 0.05) is 12.1 Å². The molecule has 0 aliphatic carbocycles. The van der Waals surface area contributed by atoms with E-state index in [1.165, 1.54) is 32.4 Å². The van der Waals surface area contributed by atoms with Crippen molar-refractivity contribution in [1.29, 1.82) is 0 Å². The van der Waals surface area contributed by atoms with Crippen LogP contribution in [0, 0.1) is 17.3 Å². The van der Waals surface area contributed by atoms with Crippen LogP contribution in [-0.4, -0.2) is 23.5 Å². The number of hydrogen-bond donors (Lipinski definition) is 0. The predicted octanol–water partition coefficient (Wildman–Crippen LogP) is 3.54. The summed E-state index contributed by atoms with van der Waals surface area (Å²) in [5.74, 6) is 1.73. The molecule has 0 unspecified atom stereocenters. The van der Waals surface area contributed by atoms with E-state index in [0.29, 0.717) is 11.0 Å². The summed E-state index contributed by atoms with van der Waals surface area (Å²) in [6, 6.07) is 0. The van der Waals surface area contributed by atoms with E-state index in [9.17, 15) is 0 Å². The van der Waals surface area contributed by atoms with Crippen LogP contribution >= 0.6 is 0 Å². The molecule has 0 amide bonds. The van der Waals surface area contributed by atoms with Gasteiger partial charge in [0.2, 0.25) is 0 Å². The normalized spacial score (nSPS) is 40.0. The molecule has 1 nitrogen and oxygen atoms in total. The zero-order valence-electron chi connectivity index (χ0n) is 11.1. The summed E-state index contributed by atoms with van der Waals surface area (Å²) in [4.78, 5) is 2.80. The molecule has 0 bridgehead atoms. The molecule has 15 heavy (non-hydrogen) atoms. The fraction of sp³-hybridized carbons (Fsp3) is 1.00. The van der Waals surface area contributed by atoms with E-state index in [4.69, 9.17) is 0 Å². The molecule has 0 aromatic rings. The molecule has 0 radical (unpaired) electrons. The minimum absolute atomic E-state index is 0.528. The van der Waals surface area contributed by atoms with Crippen LogP contribution in [0.15, 0.2) is 0 Å². The lowest BCUT2D eigenvalue weighted by molar-refractivity contribution is 0.0697. The Labute approximate surface area is 95.2 Å². The van der Waals surface area contributed by atoms with E-state index in [-0.39, 0.29) is 0 Å². The first-order valence-corrected chi connectivity index (χ1v) is 6.62. The topological polar surface area (TPSA) is 3.24 Å². The second-order valence-corrected chi connectivity index (χ2v) is 7.02. The van der Waals surface area contributed by atoms with Crippen LogP contribution in [0.1, 0.15) is 53.9 Å². The van der Waals surface area contributed by atoms with Crippen LogP contribution in [0.2, 0.25) is 0 Å². The molecule has 2 aliphatic rings. The van der Waals surface area contributed by atoms with Crippen molar-refractivity contribution in [2.45, 2.75) is 59.4 Å². The first-order valence-electron chi connectivity index (χ1n) is 6.62. The molecular weight excluding hydrogens is 182 g/mol. The molecule has 1 heteroatoms. The van der Waals surface area contributed by atoms with Crippen molar-refractivity contribution in [3.05, 3.63) is 0 Å². The van der Waals surface area contributed by atoms with Gasteiger partial charge in [-0.05, 0) is 43.1 Å². The van der Waals surface area contributed by atoms with Crippen LogP contribution in [0.4, 0.5) is 0 Å². The zero-order valence-corrected chi connectivity index (χ0v) is 11.1. The Hall–Kier alpha value is -0.0400. The van der Waals surface area contributed by atoms with Gasteiger partial charge in [-0.1, -0.05) is 34.6 Å². The summed E-state index contributed by atoms with van der Waals surface area (Å²) in [6.07, 6.45) is 4.22. The average Bonchev–Trinajstić information content (AvgIpc) is 2.48. The maximum Gasteiger partial charge on any atom is 0.0266 e. The highest BCUT2D eigenvalue weighted by atomic mass is 15.3. The molecule has 2 rings (SSSR count). The largest absolute Gasteiger partial charge is 0.297 e. The maximum absolute atomic E-state index is 2.80. The summed E-state index contributed by atoms with van der Waals surface area (Å²) in [6.45, 7) is 14.9. The van der Waals surface area contributed by atoms with Gasteiger partial charge in [0.05, 0.1) is 0 Å². The second-order valence-electron chi connectivity index (χ2n) is 7.02. The summed E-state index contributed by atoms with van der Waals surface area (Å²) in [7, 11) is 0. The summed E-state index contributed by atoms with van der Waals surface area (Å²) >= 11 is 0. The van der Waals surface area contributed by atoms with Gasteiger partial charge in [-0.3, -0.25) is 4.90 Å². The predicted molar refractivity (Wildman–Crippen MR) is 65.9 cm³/mol. The van der Waals surface area contributed by atoms with Crippen LogP contribution < -0.4 is 0 Å². The average molecular weight is 209 g/mol. The monoisotopic (exact) mass is 209 g/mol. The fourth-order valence-corrected chi connectivity index (χ4v) is 4.14. The Bertz CT molecular complexity index is 244. The summed E-state index contributed by atoms with van der Waals surface area (Å²) in [5.41, 5.74) is 1.06. The van der Waals surface area contributed by atoms with E-state index in [0.717, 1.165) is 11.8 Å². The molecule has 0 aromatic carbocycles. The molecule has 0 aromatic heterocycles. The van der Waals surface area contributed by atoms with Gasteiger partial charge in [-0.2, -0.15) is 0 Å². The molecule has 0 saturated carbocycles. The Balaban J connectivity index is 2.28. The molecule has 2 heterocycles. The first-order chi connectivity index (χ1) is 6.87. The molecule has 2 atom stereocenters. The first kappa shape index (κ1) is 11.4. The smallest absolute Gasteiger partial charge is 0.0266 e. The quantitative estimate of drug-likeness (QED) is 0.672. The van der Waals surface area contributed by atoms with Gasteiger partial charge in [0.1, 0.15) is 0 Å². The molecule has 2 aliphatic heterocycles. The third kappa shape index (κ3) is 1.63. The van der Waals surface area contributed by atoms with Crippen molar-refractivity contribution in [3.8, 4) is 0 Å². The maximum atomic E-state index is 2.80. The highest BCUT2D eigenvalue weighted by molar-refractivity contribution is 5.11. The number of fused-ring (bicyclic) bond motifs is 1. The van der Waals surface area contributed by atoms with Crippen LogP contribution in [0.3, 0.4) is 0 Å². The molecule has 88 valence electrons. The van der Waals surface area contributed by atoms with Crippen molar-refractivity contribution in [3.63, 3.8) is 0 Å². The third-order valence-corrected chi connectivity index (χ3v) is 4.84. The molecular formula is C14H27N. The lowest BCUT2D eigenvalue weighted by atomic mass is 9.67. The SMILES string of the molecule is CC(C)C[C@]12C[C@H](C)CN1CCC2(C)C. The van der Waals surface area contributed by atoms with E-state index in [2.05, 4.69) is 39.5 Å². The summed E-state index contributed by atoms with van der Waals surface area (Å²) < 4.78 is 0. The highest BCUT2D eigenvalue weighted by Crippen LogP contribution is 2.55. The summed E-state index contributed by atoms with van der Waals surface area (Å²) in [5, 5.41) is 0. The standard InChI is InChI=1S/C14H27N/c1-11(2)8-14-9-12(3)10-15(14)7-6-13(14,4)5/h11-12H,6-10H2,1-5H3/t12-,14+/m0/s1. The van der Waals surface area contributed by atoms with Crippen molar-refractivity contribution < 1.29 is 0 Å².